The maximum absolute atomic E-state index is 10.5. The lowest BCUT2D eigenvalue weighted by Gasteiger charge is -1.90. The Kier molecular flexibility index (Phi) is 1.38. The van der Waals surface area contributed by atoms with E-state index in [2.05, 4.69) is 19.9 Å². The van der Waals surface area contributed by atoms with E-state index in [9.17, 15) is 4.79 Å². The van der Waals surface area contributed by atoms with Gasteiger partial charge in [0.15, 0.2) is 12.1 Å². The van der Waals surface area contributed by atoms with Gasteiger partial charge in [0, 0.05) is 0 Å². The summed E-state index contributed by atoms with van der Waals surface area (Å²) in [5.41, 5.74) is 6.36. The molecular formula is C6H6N5O2+. The highest BCUT2D eigenvalue weighted by atomic mass is 16.4. The van der Waals surface area contributed by atoms with Crippen LogP contribution < -0.4 is 10.7 Å². The Morgan fingerprint density at radius 3 is 3.08 bits per heavy atom. The monoisotopic (exact) mass is 180 g/mol. The van der Waals surface area contributed by atoms with Crippen LogP contribution in [0.1, 0.15) is 10.6 Å². The quantitative estimate of drug-likeness (QED) is 0.522. The lowest BCUT2D eigenvalue weighted by Crippen LogP contribution is -2.09. The lowest BCUT2D eigenvalue weighted by molar-refractivity contribution is -0.347. The van der Waals surface area contributed by atoms with E-state index in [0.717, 1.165) is 0 Å². The lowest BCUT2D eigenvalue weighted by atomic mass is 10.4. The van der Waals surface area contributed by atoms with E-state index in [4.69, 9.17) is 10.8 Å². The number of carboxylic acids is 1. The van der Waals surface area contributed by atoms with Gasteiger partial charge in [-0.05, 0) is 0 Å². The van der Waals surface area contributed by atoms with Gasteiger partial charge in [0.05, 0.1) is 0 Å². The molecule has 0 saturated carbocycles. The first-order valence-corrected chi connectivity index (χ1v) is 3.44. The number of aromatic carboxylic acids is 1. The van der Waals surface area contributed by atoms with Crippen molar-refractivity contribution in [2.45, 2.75) is 0 Å². The topological polar surface area (TPSA) is 119 Å². The summed E-state index contributed by atoms with van der Waals surface area (Å²) < 4.78 is 0. The maximum atomic E-state index is 10.5. The first-order valence-electron chi connectivity index (χ1n) is 3.44. The molecule has 66 valence electrons. The minimum atomic E-state index is -1.21. The van der Waals surface area contributed by atoms with E-state index < -0.39 is 5.97 Å². The Labute approximate surface area is 71.6 Å². The number of rotatable bonds is 1. The van der Waals surface area contributed by atoms with Gasteiger partial charge in [-0.1, -0.05) is 4.98 Å². The molecule has 0 spiro atoms. The van der Waals surface area contributed by atoms with E-state index in [-0.39, 0.29) is 11.6 Å². The first kappa shape index (κ1) is 7.47. The van der Waals surface area contributed by atoms with E-state index >= 15 is 0 Å². The van der Waals surface area contributed by atoms with E-state index in [1.165, 1.54) is 6.33 Å². The van der Waals surface area contributed by atoms with E-state index in [1.807, 2.05) is 0 Å². The minimum absolute atomic E-state index is 0.114. The summed E-state index contributed by atoms with van der Waals surface area (Å²) in [6.07, 6.45) is 1.50. The Morgan fingerprint density at radius 2 is 2.38 bits per heavy atom. The number of carboxylic acid groups (broad SMARTS) is 1. The Bertz CT molecular complexity index is 477. The number of H-pyrrole nitrogens is 2. The molecule has 7 nitrogen and oxygen atoms in total. The van der Waals surface area contributed by atoms with Crippen molar-refractivity contribution in [3.05, 3.63) is 12.2 Å². The number of hydrogen-bond acceptors (Lipinski definition) is 4. The van der Waals surface area contributed by atoms with Gasteiger partial charge in [0.25, 0.3) is 0 Å². The first-order chi connectivity index (χ1) is 6.18. The van der Waals surface area contributed by atoms with Crippen molar-refractivity contribution >= 4 is 23.0 Å². The number of carbonyl (C=O) groups is 1. The Balaban J connectivity index is 2.77. The molecule has 0 aliphatic heterocycles. The van der Waals surface area contributed by atoms with Crippen molar-refractivity contribution in [1.29, 1.82) is 0 Å². The van der Waals surface area contributed by atoms with Crippen LogP contribution in [0, 0.1) is 0 Å². The average Bonchev–Trinajstić information content (AvgIpc) is 2.51. The standard InChI is InChI=1S/C6H5N5O2/c7-3-2-4(9-1-8-2)11-5(10-3)6(12)13/h1H,(H,12,13)(H3,7,8,9,10,11)/p+1. The number of nitrogens with two attached hydrogens (primary N) is 1. The highest BCUT2D eigenvalue weighted by Crippen LogP contribution is 2.09. The summed E-state index contributed by atoms with van der Waals surface area (Å²) in [5.74, 6) is -1.41. The molecule has 5 N–H and O–H groups in total. The predicted octanol–water partition coefficient (Wildman–Crippen LogP) is -0.948. The van der Waals surface area contributed by atoms with Crippen LogP contribution in [-0.4, -0.2) is 26.0 Å². The fraction of sp³-hybridized carbons (Fsp3) is 0. The smallest absolute Gasteiger partial charge is 0.391 e. The highest BCUT2D eigenvalue weighted by molar-refractivity contribution is 5.88. The molecule has 0 fully saturated rings. The van der Waals surface area contributed by atoms with Crippen molar-refractivity contribution in [2.75, 3.05) is 5.73 Å². The van der Waals surface area contributed by atoms with Gasteiger partial charge >= 0.3 is 17.4 Å². The van der Waals surface area contributed by atoms with Crippen LogP contribution in [0.5, 0.6) is 0 Å². The Morgan fingerprint density at radius 1 is 1.62 bits per heavy atom. The average molecular weight is 180 g/mol. The fourth-order valence-electron chi connectivity index (χ4n) is 0.997. The summed E-state index contributed by atoms with van der Waals surface area (Å²) in [6, 6.07) is 0. The van der Waals surface area contributed by atoms with Gasteiger partial charge in [-0.15, -0.1) is 0 Å². The molecule has 0 bridgehead atoms. The third kappa shape index (κ3) is 1.06. The molecule has 2 heterocycles. The second kappa shape index (κ2) is 2.41. The molecule has 13 heavy (non-hydrogen) atoms. The van der Waals surface area contributed by atoms with Crippen molar-refractivity contribution in [3.63, 3.8) is 0 Å². The molecule has 0 aliphatic carbocycles. The summed E-state index contributed by atoms with van der Waals surface area (Å²) in [4.78, 5) is 23.3. The van der Waals surface area contributed by atoms with Crippen LogP contribution >= 0.6 is 0 Å². The van der Waals surface area contributed by atoms with E-state index in [0.29, 0.717) is 11.2 Å². The van der Waals surface area contributed by atoms with Crippen molar-refractivity contribution in [1.82, 2.24) is 15.0 Å². The number of anilines is 1. The number of nitrogen functional groups attached to an aromatic ring is 1. The van der Waals surface area contributed by atoms with Crippen LogP contribution in [0.2, 0.25) is 0 Å². The molecule has 0 aliphatic rings. The molecule has 0 unspecified atom stereocenters. The number of imidazole rings is 1. The van der Waals surface area contributed by atoms with Crippen molar-refractivity contribution in [2.24, 2.45) is 0 Å². The van der Waals surface area contributed by atoms with Crippen LogP contribution in [0.4, 0.5) is 5.82 Å². The second-order valence-electron chi connectivity index (χ2n) is 2.39. The van der Waals surface area contributed by atoms with Crippen LogP contribution in [0.15, 0.2) is 6.33 Å². The zero-order chi connectivity index (χ0) is 9.42. The summed E-state index contributed by atoms with van der Waals surface area (Å²) in [7, 11) is 0. The number of hydrogen-bond donors (Lipinski definition) is 3. The molecular weight excluding hydrogens is 174 g/mol. The van der Waals surface area contributed by atoms with Gasteiger partial charge in [0.1, 0.15) is 0 Å². The van der Waals surface area contributed by atoms with Gasteiger partial charge in [-0.3, -0.25) is 4.98 Å². The third-order valence-corrected chi connectivity index (χ3v) is 1.55. The minimum Gasteiger partial charge on any atom is -0.474 e. The molecule has 0 saturated heterocycles. The molecule has 0 radical (unpaired) electrons. The summed E-state index contributed by atoms with van der Waals surface area (Å²) in [5, 5.41) is 8.60. The molecule has 0 aromatic carbocycles. The van der Waals surface area contributed by atoms with Crippen molar-refractivity contribution < 1.29 is 14.9 Å². The highest BCUT2D eigenvalue weighted by Gasteiger charge is 2.17. The van der Waals surface area contributed by atoms with Crippen molar-refractivity contribution in [3.8, 4) is 0 Å². The summed E-state index contributed by atoms with van der Waals surface area (Å²) >= 11 is 0. The molecule has 7 heteroatoms. The zero-order valence-electron chi connectivity index (χ0n) is 6.40. The fourth-order valence-corrected chi connectivity index (χ4v) is 0.997. The van der Waals surface area contributed by atoms with Gasteiger partial charge in [-0.25, -0.2) is 9.78 Å². The number of nitrogens with one attached hydrogen (secondary N) is 2. The number of aromatic nitrogens is 4. The van der Waals surface area contributed by atoms with E-state index in [1.54, 1.807) is 0 Å². The molecule has 0 atom stereocenters. The summed E-state index contributed by atoms with van der Waals surface area (Å²) in [6.45, 7) is 0. The second-order valence-corrected chi connectivity index (χ2v) is 2.39. The SMILES string of the molecule is Nc1nc(C(=O)O)nc2[nH+]c[nH]c12. The van der Waals surface area contributed by atoms with Gasteiger partial charge in [0.2, 0.25) is 5.52 Å². The maximum Gasteiger partial charge on any atom is 0.391 e. The van der Waals surface area contributed by atoms with Crippen LogP contribution in [-0.2, 0) is 0 Å². The Hall–Kier alpha value is -2.18. The van der Waals surface area contributed by atoms with Gasteiger partial charge < -0.3 is 10.8 Å². The zero-order valence-corrected chi connectivity index (χ0v) is 6.40. The number of fused-ring (bicyclic) bond motifs is 1. The molecule has 2 aromatic rings. The largest absolute Gasteiger partial charge is 0.474 e. The normalized spacial score (nSPS) is 10.5. The molecule has 2 aromatic heterocycles. The third-order valence-electron chi connectivity index (χ3n) is 1.55. The predicted molar refractivity (Wildman–Crippen MR) is 41.8 cm³/mol. The van der Waals surface area contributed by atoms with Gasteiger partial charge in [-0.2, -0.15) is 4.98 Å². The molecule has 0 amide bonds. The van der Waals surface area contributed by atoms with Crippen LogP contribution in [0.25, 0.3) is 11.2 Å². The number of aromatic amines is 2. The molecule has 2 rings (SSSR count). The number of nitrogens with zero attached hydrogens (tertiary/aromatic N) is 2. The van der Waals surface area contributed by atoms with Crippen LogP contribution in [0.3, 0.4) is 0 Å².